The maximum absolute atomic E-state index is 12.5. The number of aromatic nitrogens is 2. The third-order valence-electron chi connectivity index (χ3n) is 4.11. The van der Waals surface area contributed by atoms with Crippen LogP contribution in [0.4, 0.5) is 0 Å². The van der Waals surface area contributed by atoms with Gasteiger partial charge in [0.25, 0.3) is 5.91 Å². The molecule has 1 aliphatic heterocycles. The van der Waals surface area contributed by atoms with Crippen LogP contribution in [0.3, 0.4) is 0 Å². The number of likely N-dealkylation sites (tertiary alicyclic amines) is 1. The van der Waals surface area contributed by atoms with Crippen molar-refractivity contribution in [2.24, 2.45) is 5.92 Å². The van der Waals surface area contributed by atoms with Gasteiger partial charge in [0.15, 0.2) is 0 Å². The Bertz CT molecular complexity index is 497. The molecule has 5 heteroatoms. The van der Waals surface area contributed by atoms with Gasteiger partial charge in [0.2, 0.25) is 0 Å². The van der Waals surface area contributed by atoms with Crippen molar-refractivity contribution in [3.8, 4) is 0 Å². The summed E-state index contributed by atoms with van der Waals surface area (Å²) in [7, 11) is 1.86. The lowest BCUT2D eigenvalue weighted by Gasteiger charge is -2.25. The van der Waals surface area contributed by atoms with E-state index in [1.54, 1.807) is 17.2 Å². The minimum atomic E-state index is -0.0161. The molecule has 0 spiro atoms. The van der Waals surface area contributed by atoms with Gasteiger partial charge in [0.1, 0.15) is 11.5 Å². The number of hydrogen-bond acceptors (Lipinski definition) is 4. The summed E-state index contributed by atoms with van der Waals surface area (Å²) >= 11 is 0. The van der Waals surface area contributed by atoms with Crippen LogP contribution in [-0.2, 0) is 0 Å². The smallest absolute Gasteiger partial charge is 0.272 e. The highest BCUT2D eigenvalue weighted by Crippen LogP contribution is 2.13. The van der Waals surface area contributed by atoms with E-state index in [1.807, 2.05) is 20.9 Å². The van der Waals surface area contributed by atoms with Gasteiger partial charge in [0.05, 0.1) is 0 Å². The Morgan fingerprint density at radius 1 is 1.32 bits per heavy atom. The number of rotatable bonds is 6. The molecule has 0 aliphatic carbocycles. The monoisotopic (exact) mass is 304 g/mol. The van der Waals surface area contributed by atoms with Crippen molar-refractivity contribution in [3.63, 3.8) is 0 Å². The van der Waals surface area contributed by atoms with Gasteiger partial charge in [-0.1, -0.05) is 20.8 Å². The van der Waals surface area contributed by atoms with Crippen molar-refractivity contribution in [1.29, 1.82) is 0 Å². The average molecular weight is 304 g/mol. The van der Waals surface area contributed by atoms with E-state index in [-0.39, 0.29) is 11.8 Å². The summed E-state index contributed by atoms with van der Waals surface area (Å²) in [5, 5.41) is 0. The standard InChI is InChI=1S/C17H28N4O/c1-13(2)16-18-8-7-15(19-16)17(22)20(4)11-14(3)12-21-9-5-6-10-21/h7-8,13-14H,5-6,9-12H2,1-4H3/t14-/m1/s1. The number of carbonyl (C=O) groups excluding carboxylic acids is 1. The summed E-state index contributed by atoms with van der Waals surface area (Å²) < 4.78 is 0. The first-order valence-electron chi connectivity index (χ1n) is 8.28. The fourth-order valence-corrected chi connectivity index (χ4v) is 2.98. The van der Waals surface area contributed by atoms with Gasteiger partial charge in [-0.3, -0.25) is 4.79 Å². The molecule has 0 N–H and O–H groups in total. The van der Waals surface area contributed by atoms with Crippen molar-refractivity contribution < 1.29 is 4.79 Å². The fraction of sp³-hybridized carbons (Fsp3) is 0.706. The lowest BCUT2D eigenvalue weighted by molar-refractivity contribution is 0.0760. The van der Waals surface area contributed by atoms with Crippen molar-refractivity contribution in [2.75, 3.05) is 33.2 Å². The van der Waals surface area contributed by atoms with E-state index in [1.165, 1.54) is 25.9 Å². The predicted octanol–water partition coefficient (Wildman–Crippen LogP) is 2.40. The van der Waals surface area contributed by atoms with Gasteiger partial charge < -0.3 is 9.80 Å². The van der Waals surface area contributed by atoms with Crippen molar-refractivity contribution in [3.05, 3.63) is 23.8 Å². The third-order valence-corrected chi connectivity index (χ3v) is 4.11. The molecule has 0 radical (unpaired) electrons. The van der Waals surface area contributed by atoms with Gasteiger partial charge >= 0.3 is 0 Å². The van der Waals surface area contributed by atoms with E-state index in [9.17, 15) is 4.79 Å². The van der Waals surface area contributed by atoms with Crippen LogP contribution in [-0.4, -0.2) is 58.9 Å². The summed E-state index contributed by atoms with van der Waals surface area (Å²) in [6.07, 6.45) is 4.29. The molecule has 22 heavy (non-hydrogen) atoms. The van der Waals surface area contributed by atoms with Crippen LogP contribution in [0.25, 0.3) is 0 Å². The molecule has 2 rings (SSSR count). The minimum Gasteiger partial charge on any atom is -0.340 e. The first-order chi connectivity index (χ1) is 10.5. The minimum absolute atomic E-state index is 0.0161. The molecule has 1 saturated heterocycles. The second kappa shape index (κ2) is 7.68. The molecule has 1 atom stereocenters. The Kier molecular flexibility index (Phi) is 5.89. The molecular weight excluding hydrogens is 276 g/mol. The zero-order valence-electron chi connectivity index (χ0n) is 14.2. The van der Waals surface area contributed by atoms with Gasteiger partial charge in [-0.25, -0.2) is 9.97 Å². The summed E-state index contributed by atoms with van der Waals surface area (Å²) in [5.41, 5.74) is 0.495. The van der Waals surface area contributed by atoms with Crippen LogP contribution in [0.15, 0.2) is 12.3 Å². The fourth-order valence-electron chi connectivity index (χ4n) is 2.98. The molecule has 0 saturated carbocycles. The van der Waals surface area contributed by atoms with Crippen LogP contribution in [0.1, 0.15) is 55.8 Å². The molecule has 1 amide bonds. The quantitative estimate of drug-likeness (QED) is 0.810. The Balaban J connectivity index is 1.92. The van der Waals surface area contributed by atoms with E-state index in [2.05, 4.69) is 21.8 Å². The van der Waals surface area contributed by atoms with Crippen molar-refractivity contribution in [1.82, 2.24) is 19.8 Å². The molecule has 2 heterocycles. The Morgan fingerprint density at radius 2 is 2.00 bits per heavy atom. The molecular formula is C17H28N4O. The number of nitrogens with zero attached hydrogens (tertiary/aromatic N) is 4. The average Bonchev–Trinajstić information content (AvgIpc) is 2.99. The van der Waals surface area contributed by atoms with Crippen molar-refractivity contribution in [2.45, 2.75) is 39.5 Å². The molecule has 1 aromatic rings. The lowest BCUT2D eigenvalue weighted by Crippen LogP contribution is -2.36. The van der Waals surface area contributed by atoms with Gasteiger partial charge in [-0.2, -0.15) is 0 Å². The van der Waals surface area contributed by atoms with E-state index in [0.29, 0.717) is 11.6 Å². The predicted molar refractivity (Wildman–Crippen MR) is 87.9 cm³/mol. The highest BCUT2D eigenvalue weighted by atomic mass is 16.2. The molecule has 0 aromatic carbocycles. The van der Waals surface area contributed by atoms with E-state index in [0.717, 1.165) is 18.9 Å². The van der Waals surface area contributed by atoms with E-state index in [4.69, 9.17) is 0 Å². The van der Waals surface area contributed by atoms with Gasteiger partial charge in [-0.05, 0) is 37.9 Å². The summed E-state index contributed by atoms with van der Waals surface area (Å²) in [6, 6.07) is 1.70. The zero-order valence-corrected chi connectivity index (χ0v) is 14.2. The molecule has 0 bridgehead atoms. The van der Waals surface area contributed by atoms with Crippen LogP contribution < -0.4 is 0 Å². The number of carbonyl (C=O) groups is 1. The highest BCUT2D eigenvalue weighted by Gasteiger charge is 2.19. The lowest BCUT2D eigenvalue weighted by atomic mass is 10.1. The summed E-state index contributed by atoms with van der Waals surface area (Å²) in [4.78, 5) is 25.4. The third kappa shape index (κ3) is 4.50. The Labute approximate surface area is 133 Å². The second-order valence-electron chi connectivity index (χ2n) is 6.75. The van der Waals surface area contributed by atoms with Crippen LogP contribution in [0.2, 0.25) is 0 Å². The zero-order chi connectivity index (χ0) is 16.1. The van der Waals surface area contributed by atoms with Crippen LogP contribution in [0, 0.1) is 5.92 Å². The molecule has 0 unspecified atom stereocenters. The first-order valence-corrected chi connectivity index (χ1v) is 8.28. The van der Waals surface area contributed by atoms with E-state index >= 15 is 0 Å². The van der Waals surface area contributed by atoms with Crippen LogP contribution in [0.5, 0.6) is 0 Å². The summed E-state index contributed by atoms with van der Waals surface area (Å²) in [5.74, 6) is 1.41. The molecule has 1 fully saturated rings. The van der Waals surface area contributed by atoms with E-state index < -0.39 is 0 Å². The Hall–Kier alpha value is -1.49. The molecule has 1 aliphatic rings. The molecule has 1 aromatic heterocycles. The van der Waals surface area contributed by atoms with Crippen LogP contribution >= 0.6 is 0 Å². The highest BCUT2D eigenvalue weighted by molar-refractivity contribution is 5.92. The number of amides is 1. The second-order valence-corrected chi connectivity index (χ2v) is 6.75. The molecule has 5 nitrogen and oxygen atoms in total. The topological polar surface area (TPSA) is 49.3 Å². The maximum atomic E-state index is 12.5. The largest absolute Gasteiger partial charge is 0.340 e. The maximum Gasteiger partial charge on any atom is 0.272 e. The molecule has 122 valence electrons. The Morgan fingerprint density at radius 3 is 2.64 bits per heavy atom. The van der Waals surface area contributed by atoms with Gasteiger partial charge in [-0.15, -0.1) is 0 Å². The SMILES string of the molecule is CC(C)c1nccc(C(=O)N(C)C[C@@H](C)CN2CCCC2)n1. The van der Waals surface area contributed by atoms with Crippen molar-refractivity contribution >= 4 is 5.91 Å². The first kappa shape index (κ1) is 16.9. The van der Waals surface area contributed by atoms with Gasteiger partial charge in [0, 0.05) is 32.3 Å². The normalized spacial score (nSPS) is 17.0. The summed E-state index contributed by atoms with van der Waals surface area (Å²) in [6.45, 7) is 10.5. The number of hydrogen-bond donors (Lipinski definition) is 0.